The fraction of sp³-hybridized carbons (Fsp3) is 0.419. The molecule has 10 nitrogen and oxygen atoms in total. The molecule has 10 heteroatoms. The molecule has 0 saturated carbocycles. The van der Waals surface area contributed by atoms with Crippen LogP contribution in [0.1, 0.15) is 44.7 Å². The van der Waals surface area contributed by atoms with Crippen LogP contribution in [0.5, 0.6) is 0 Å². The molecule has 1 aliphatic heterocycles. The minimum absolute atomic E-state index is 0.186. The maximum Gasteiger partial charge on any atom is 0.408 e. The number of likely N-dealkylation sites (tertiary alicyclic amines) is 1. The third kappa shape index (κ3) is 8.09. The highest BCUT2D eigenvalue weighted by Gasteiger charge is 2.34. The van der Waals surface area contributed by atoms with Crippen LogP contribution >= 0.6 is 0 Å². The van der Waals surface area contributed by atoms with Crippen molar-refractivity contribution in [2.24, 2.45) is 5.92 Å². The van der Waals surface area contributed by atoms with E-state index in [0.717, 1.165) is 22.0 Å². The summed E-state index contributed by atoms with van der Waals surface area (Å²) in [5.74, 6) is -2.10. The Bertz CT molecular complexity index is 1370. The number of nitrogens with zero attached hydrogens (tertiary/aromatic N) is 1. The van der Waals surface area contributed by atoms with Gasteiger partial charge in [0.1, 0.15) is 17.7 Å². The number of hydrogen-bond donors (Lipinski definition) is 4. The number of hydrogen-bond acceptors (Lipinski definition) is 5. The van der Waals surface area contributed by atoms with Crippen molar-refractivity contribution in [3.8, 4) is 0 Å². The number of benzene rings is 2. The first-order valence-electron chi connectivity index (χ1n) is 13.9. The Morgan fingerprint density at radius 1 is 0.951 bits per heavy atom. The fourth-order valence-electron chi connectivity index (χ4n) is 5.09. The summed E-state index contributed by atoms with van der Waals surface area (Å²) in [4.78, 5) is 56.0. The molecule has 1 aromatic heterocycles. The third-order valence-electron chi connectivity index (χ3n) is 7.16. The van der Waals surface area contributed by atoms with Crippen molar-refractivity contribution in [1.29, 1.82) is 0 Å². The van der Waals surface area contributed by atoms with Gasteiger partial charge in [0.2, 0.25) is 11.8 Å². The summed E-state index contributed by atoms with van der Waals surface area (Å²) in [5, 5.41) is 16.1. The number of amides is 3. The Hall–Kier alpha value is -4.34. The lowest BCUT2D eigenvalue weighted by atomic mass is 9.94. The highest BCUT2D eigenvalue weighted by molar-refractivity contribution is 5.89. The van der Waals surface area contributed by atoms with Crippen molar-refractivity contribution in [2.75, 3.05) is 13.1 Å². The van der Waals surface area contributed by atoms with Crippen LogP contribution in [0.2, 0.25) is 0 Å². The van der Waals surface area contributed by atoms with E-state index in [1.807, 2.05) is 60.8 Å². The summed E-state index contributed by atoms with van der Waals surface area (Å²) in [6.45, 7) is 5.90. The number of H-pyrrole nitrogens is 1. The van der Waals surface area contributed by atoms with E-state index in [1.54, 1.807) is 25.7 Å². The minimum Gasteiger partial charge on any atom is -0.480 e. The van der Waals surface area contributed by atoms with Crippen molar-refractivity contribution < 1.29 is 29.0 Å². The summed E-state index contributed by atoms with van der Waals surface area (Å²) >= 11 is 0. The molecule has 1 fully saturated rings. The Kier molecular flexibility index (Phi) is 9.31. The first-order valence-corrected chi connectivity index (χ1v) is 13.9. The standard InChI is InChI=1S/C31H38N4O6/c1-31(2,3)41-30(40)34-25(18-22-19-32-24-12-8-7-11-23(22)24)28(37)35-15-13-21(14-16-35)27(36)33-26(29(38)39)17-20-9-5-4-6-10-20/h4-12,19,21,25-26,32H,13-18H2,1-3H3,(H,33,36)(H,34,40)(H,38,39). The zero-order valence-corrected chi connectivity index (χ0v) is 23.7. The maximum absolute atomic E-state index is 13.7. The third-order valence-corrected chi connectivity index (χ3v) is 7.16. The largest absolute Gasteiger partial charge is 0.480 e. The molecule has 0 aliphatic carbocycles. The van der Waals surface area contributed by atoms with Gasteiger partial charge < -0.3 is 30.4 Å². The van der Waals surface area contributed by atoms with Crippen molar-refractivity contribution in [3.05, 3.63) is 71.9 Å². The van der Waals surface area contributed by atoms with Gasteiger partial charge in [-0.2, -0.15) is 0 Å². The lowest BCUT2D eigenvalue weighted by molar-refractivity contribution is -0.143. The number of fused-ring (bicyclic) bond motifs is 1. The molecular weight excluding hydrogens is 524 g/mol. The van der Waals surface area contributed by atoms with Crippen LogP contribution in [0.3, 0.4) is 0 Å². The molecule has 0 spiro atoms. The van der Waals surface area contributed by atoms with E-state index in [-0.39, 0.29) is 24.7 Å². The molecule has 3 aromatic rings. The Balaban J connectivity index is 1.40. The summed E-state index contributed by atoms with van der Waals surface area (Å²) in [5.41, 5.74) is 1.92. The van der Waals surface area contributed by atoms with Crippen molar-refractivity contribution in [3.63, 3.8) is 0 Å². The summed E-state index contributed by atoms with van der Waals surface area (Å²) in [6.07, 6.45) is 2.39. The highest BCUT2D eigenvalue weighted by Crippen LogP contribution is 2.23. The van der Waals surface area contributed by atoms with E-state index in [1.165, 1.54) is 0 Å². The number of carboxylic acid groups (broad SMARTS) is 1. The number of ether oxygens (including phenoxy) is 1. The van der Waals surface area contributed by atoms with Crippen LogP contribution in [0, 0.1) is 5.92 Å². The zero-order chi connectivity index (χ0) is 29.6. The van der Waals surface area contributed by atoms with E-state index in [4.69, 9.17) is 4.74 Å². The lowest BCUT2D eigenvalue weighted by Crippen LogP contribution is -2.53. The smallest absolute Gasteiger partial charge is 0.408 e. The van der Waals surface area contributed by atoms with Crippen molar-refractivity contribution >= 4 is 34.8 Å². The quantitative estimate of drug-likeness (QED) is 0.314. The van der Waals surface area contributed by atoms with Gasteiger partial charge in [0.15, 0.2) is 0 Å². The second-order valence-corrected chi connectivity index (χ2v) is 11.5. The van der Waals surface area contributed by atoms with Crippen molar-refractivity contribution in [2.45, 2.75) is 64.1 Å². The molecule has 4 rings (SSSR count). The number of carboxylic acids is 1. The van der Waals surface area contributed by atoms with Crippen LogP contribution in [-0.2, 0) is 32.0 Å². The molecule has 0 bridgehead atoms. The molecule has 218 valence electrons. The van der Waals surface area contributed by atoms with Crippen LogP contribution in [0.15, 0.2) is 60.8 Å². The van der Waals surface area contributed by atoms with E-state index in [2.05, 4.69) is 15.6 Å². The first-order chi connectivity index (χ1) is 19.5. The molecule has 41 heavy (non-hydrogen) atoms. The van der Waals surface area contributed by atoms with Crippen LogP contribution in [-0.4, -0.2) is 69.6 Å². The molecule has 4 N–H and O–H groups in total. The molecule has 2 aromatic carbocycles. The molecule has 2 unspecified atom stereocenters. The number of nitrogens with one attached hydrogen (secondary N) is 3. The number of aliphatic carboxylic acids is 1. The van der Waals surface area contributed by atoms with E-state index >= 15 is 0 Å². The number of aromatic nitrogens is 1. The zero-order valence-electron chi connectivity index (χ0n) is 23.7. The number of aromatic amines is 1. The summed E-state index contributed by atoms with van der Waals surface area (Å²) < 4.78 is 5.43. The van der Waals surface area contributed by atoms with Crippen LogP contribution in [0.4, 0.5) is 4.79 Å². The van der Waals surface area contributed by atoms with Gasteiger partial charge in [-0.1, -0.05) is 48.5 Å². The Morgan fingerprint density at radius 3 is 2.27 bits per heavy atom. The fourth-order valence-corrected chi connectivity index (χ4v) is 5.09. The normalized spacial score (nSPS) is 15.6. The highest BCUT2D eigenvalue weighted by atomic mass is 16.6. The number of piperidine rings is 1. The van der Waals surface area contributed by atoms with Gasteiger partial charge in [-0.3, -0.25) is 9.59 Å². The lowest BCUT2D eigenvalue weighted by Gasteiger charge is -2.34. The van der Waals surface area contributed by atoms with E-state index in [0.29, 0.717) is 25.9 Å². The number of alkyl carbamates (subject to hydrolysis) is 1. The predicted octanol–water partition coefficient (Wildman–Crippen LogP) is 3.65. The first kappa shape index (κ1) is 29.6. The molecule has 1 saturated heterocycles. The number of carbonyl (C=O) groups is 4. The molecule has 2 atom stereocenters. The second-order valence-electron chi connectivity index (χ2n) is 11.5. The second kappa shape index (κ2) is 12.9. The minimum atomic E-state index is -1.09. The topological polar surface area (TPSA) is 141 Å². The number of rotatable bonds is 9. The molecule has 2 heterocycles. The average molecular weight is 563 g/mol. The molecule has 1 aliphatic rings. The number of carbonyl (C=O) groups excluding carboxylic acids is 3. The van der Waals surface area contributed by atoms with E-state index < -0.39 is 35.7 Å². The van der Waals surface area contributed by atoms with Gasteiger partial charge in [0.25, 0.3) is 0 Å². The maximum atomic E-state index is 13.7. The molecule has 3 amide bonds. The van der Waals surface area contributed by atoms with Gasteiger partial charge in [-0.05, 0) is 50.8 Å². The van der Waals surface area contributed by atoms with Gasteiger partial charge >= 0.3 is 12.1 Å². The number of para-hydroxylation sites is 1. The summed E-state index contributed by atoms with van der Waals surface area (Å²) in [7, 11) is 0. The Morgan fingerprint density at radius 2 is 1.61 bits per heavy atom. The van der Waals surface area contributed by atoms with Crippen LogP contribution < -0.4 is 10.6 Å². The van der Waals surface area contributed by atoms with Crippen molar-refractivity contribution in [1.82, 2.24) is 20.5 Å². The van der Waals surface area contributed by atoms with Gasteiger partial charge in [-0.25, -0.2) is 9.59 Å². The van der Waals surface area contributed by atoms with Crippen LogP contribution in [0.25, 0.3) is 10.9 Å². The molecule has 0 radical (unpaired) electrons. The van der Waals surface area contributed by atoms with Gasteiger partial charge in [0, 0.05) is 48.9 Å². The van der Waals surface area contributed by atoms with Gasteiger partial charge in [-0.15, -0.1) is 0 Å². The Labute approximate surface area is 239 Å². The molecular formula is C31H38N4O6. The monoisotopic (exact) mass is 562 g/mol. The summed E-state index contributed by atoms with van der Waals surface area (Å²) in [6, 6.07) is 15.0. The SMILES string of the molecule is CC(C)(C)OC(=O)NC(Cc1c[nH]c2ccccc12)C(=O)N1CCC(C(=O)NC(Cc2ccccc2)C(=O)O)CC1. The predicted molar refractivity (Wildman–Crippen MR) is 154 cm³/mol. The average Bonchev–Trinajstić information content (AvgIpc) is 3.34. The van der Waals surface area contributed by atoms with E-state index in [9.17, 15) is 24.3 Å². The van der Waals surface area contributed by atoms with Gasteiger partial charge in [0.05, 0.1) is 0 Å².